The van der Waals surface area contributed by atoms with Crippen LogP contribution in [0.1, 0.15) is 37.1 Å². The Labute approximate surface area is 166 Å². The van der Waals surface area contributed by atoms with Crippen LogP contribution in [0.5, 0.6) is 0 Å². The van der Waals surface area contributed by atoms with Gasteiger partial charge in [-0.05, 0) is 43.9 Å². The number of aryl methyl sites for hydroxylation is 1. The van der Waals surface area contributed by atoms with Crippen LogP contribution in [0.2, 0.25) is 0 Å². The van der Waals surface area contributed by atoms with Crippen molar-refractivity contribution in [2.45, 2.75) is 49.5 Å². The minimum atomic E-state index is -4.46. The van der Waals surface area contributed by atoms with Crippen LogP contribution in [0.25, 0.3) is 0 Å². The van der Waals surface area contributed by atoms with Gasteiger partial charge < -0.3 is 15.0 Å². The fraction of sp³-hybridized carbons (Fsp3) is 0.500. The first-order valence-electron chi connectivity index (χ1n) is 9.59. The van der Waals surface area contributed by atoms with Gasteiger partial charge in [0.05, 0.1) is 12.1 Å². The number of imidazole rings is 1. The first kappa shape index (κ1) is 19.9. The molecular weight excluding hydrogens is 385 g/mol. The molecule has 0 unspecified atom stereocenters. The summed E-state index contributed by atoms with van der Waals surface area (Å²) in [5, 5.41) is 13.7. The molecule has 2 atom stereocenters. The van der Waals surface area contributed by atoms with Crippen molar-refractivity contribution in [2.75, 3.05) is 11.9 Å². The maximum atomic E-state index is 12.9. The van der Waals surface area contributed by atoms with Crippen molar-refractivity contribution < 1.29 is 23.1 Å². The first-order valence-corrected chi connectivity index (χ1v) is 9.59. The third-order valence-corrected chi connectivity index (χ3v) is 5.96. The van der Waals surface area contributed by atoms with Crippen molar-refractivity contribution in [3.05, 3.63) is 48.0 Å². The Bertz CT molecular complexity index is 897. The van der Waals surface area contributed by atoms with Gasteiger partial charge in [0.15, 0.2) is 0 Å². The number of alkyl halides is 3. The number of anilines is 1. The zero-order valence-electron chi connectivity index (χ0n) is 16.0. The van der Waals surface area contributed by atoms with Gasteiger partial charge in [-0.2, -0.15) is 13.2 Å². The molecule has 6 nitrogen and oxygen atoms in total. The number of hydrogen-bond donors (Lipinski definition) is 2. The molecule has 29 heavy (non-hydrogen) atoms. The van der Waals surface area contributed by atoms with Crippen LogP contribution in [0.4, 0.5) is 18.9 Å². The maximum absolute atomic E-state index is 12.9. The molecule has 1 aromatic heterocycles. The summed E-state index contributed by atoms with van der Waals surface area (Å²) in [6.07, 6.45) is 1.69. The van der Waals surface area contributed by atoms with Gasteiger partial charge >= 0.3 is 6.18 Å². The van der Waals surface area contributed by atoms with Gasteiger partial charge in [-0.15, -0.1) is 0 Å². The number of hydrogen-bond acceptors (Lipinski definition) is 4. The molecule has 3 heterocycles. The third-order valence-electron chi connectivity index (χ3n) is 5.96. The molecule has 1 aromatic carbocycles. The summed E-state index contributed by atoms with van der Waals surface area (Å²) < 4.78 is 40.4. The number of carbonyl (C=O) groups excluding carboxylic acids is 1. The number of piperidine rings is 1. The molecule has 156 valence electrons. The van der Waals surface area contributed by atoms with E-state index in [9.17, 15) is 23.1 Å². The van der Waals surface area contributed by atoms with Gasteiger partial charge in [0.25, 0.3) is 0 Å². The summed E-state index contributed by atoms with van der Waals surface area (Å²) in [6, 6.07) is 4.68. The SMILES string of the molecule is Cn1ccnc1C1(O)C[C@@H]2CC[C@@H](C1)N2CC(=O)Nc1cccc(C(F)(F)F)c1. The molecule has 2 aliphatic rings. The third kappa shape index (κ3) is 3.89. The lowest BCUT2D eigenvalue weighted by Crippen LogP contribution is -2.52. The number of benzene rings is 1. The monoisotopic (exact) mass is 408 g/mol. The highest BCUT2D eigenvalue weighted by Crippen LogP contribution is 2.45. The summed E-state index contributed by atoms with van der Waals surface area (Å²) >= 11 is 0. The molecule has 4 rings (SSSR count). The number of rotatable bonds is 4. The van der Waals surface area contributed by atoms with E-state index in [1.807, 2.05) is 11.6 Å². The van der Waals surface area contributed by atoms with Crippen molar-refractivity contribution in [1.29, 1.82) is 0 Å². The molecule has 0 aliphatic carbocycles. The molecule has 2 aliphatic heterocycles. The molecule has 2 fully saturated rings. The van der Waals surface area contributed by atoms with Crippen molar-refractivity contribution in [1.82, 2.24) is 14.5 Å². The van der Waals surface area contributed by atoms with E-state index in [4.69, 9.17) is 0 Å². The van der Waals surface area contributed by atoms with Crippen LogP contribution in [-0.4, -0.2) is 44.1 Å². The topological polar surface area (TPSA) is 70.4 Å². The van der Waals surface area contributed by atoms with Crippen LogP contribution in [-0.2, 0) is 23.6 Å². The van der Waals surface area contributed by atoms with Gasteiger partial charge in [-0.25, -0.2) is 4.98 Å². The molecular formula is C20H23F3N4O2. The minimum Gasteiger partial charge on any atom is -0.382 e. The van der Waals surface area contributed by atoms with E-state index in [0.717, 1.165) is 25.0 Å². The van der Waals surface area contributed by atoms with E-state index < -0.39 is 17.3 Å². The Hall–Kier alpha value is -2.39. The lowest BCUT2D eigenvalue weighted by molar-refractivity contribution is -0.137. The standard InChI is InChI=1S/C20H23F3N4O2/c1-26-8-7-24-18(26)19(29)10-15-5-6-16(11-19)27(15)12-17(28)25-14-4-2-3-13(9-14)20(21,22)23/h2-4,7-9,15-16,29H,5-6,10-12H2,1H3,(H,25,28)/t15-,16-/m0/s1. The average Bonchev–Trinajstić information content (AvgIpc) is 3.17. The van der Waals surface area contributed by atoms with Gasteiger partial charge in [-0.1, -0.05) is 6.07 Å². The molecule has 2 N–H and O–H groups in total. The van der Waals surface area contributed by atoms with Crippen molar-refractivity contribution in [3.63, 3.8) is 0 Å². The molecule has 2 saturated heterocycles. The van der Waals surface area contributed by atoms with Gasteiger partial charge in [0, 0.05) is 37.2 Å². The van der Waals surface area contributed by atoms with Crippen molar-refractivity contribution >= 4 is 11.6 Å². The number of nitrogens with one attached hydrogen (secondary N) is 1. The minimum absolute atomic E-state index is 0.0303. The van der Waals surface area contributed by atoms with E-state index in [-0.39, 0.29) is 30.2 Å². The summed E-state index contributed by atoms with van der Waals surface area (Å²) in [5.74, 6) is 0.270. The summed E-state index contributed by atoms with van der Waals surface area (Å²) in [5.41, 5.74) is -1.70. The first-order chi connectivity index (χ1) is 13.7. The summed E-state index contributed by atoms with van der Waals surface area (Å²) in [6.45, 7) is 0.0855. The number of amides is 1. The summed E-state index contributed by atoms with van der Waals surface area (Å²) in [7, 11) is 1.84. The molecule has 2 bridgehead atoms. The number of aromatic nitrogens is 2. The normalized spacial score (nSPS) is 27.2. The van der Waals surface area contributed by atoms with Crippen LogP contribution < -0.4 is 5.32 Å². The number of nitrogens with zero attached hydrogens (tertiary/aromatic N) is 3. The van der Waals surface area contributed by atoms with E-state index in [0.29, 0.717) is 18.7 Å². The number of carbonyl (C=O) groups is 1. The fourth-order valence-corrected chi connectivity index (χ4v) is 4.71. The molecule has 0 radical (unpaired) electrons. The zero-order valence-corrected chi connectivity index (χ0v) is 16.0. The molecule has 9 heteroatoms. The van der Waals surface area contributed by atoms with Crippen LogP contribution in [0.15, 0.2) is 36.7 Å². The second-order valence-corrected chi connectivity index (χ2v) is 7.99. The highest BCUT2D eigenvalue weighted by Gasteiger charge is 2.50. The summed E-state index contributed by atoms with van der Waals surface area (Å²) in [4.78, 5) is 18.8. The lowest BCUT2D eigenvalue weighted by atomic mass is 9.85. The van der Waals surface area contributed by atoms with Crippen molar-refractivity contribution in [3.8, 4) is 0 Å². The molecule has 1 amide bonds. The Balaban J connectivity index is 1.42. The largest absolute Gasteiger partial charge is 0.416 e. The van der Waals surface area contributed by atoms with E-state index >= 15 is 0 Å². The number of fused-ring (bicyclic) bond motifs is 2. The van der Waals surface area contributed by atoms with Crippen LogP contribution in [0.3, 0.4) is 0 Å². The second kappa shape index (κ2) is 7.14. The Morgan fingerprint density at radius 2 is 2.00 bits per heavy atom. The van der Waals surface area contributed by atoms with Gasteiger partial charge in [0.1, 0.15) is 11.4 Å². The predicted molar refractivity (Wildman–Crippen MR) is 99.9 cm³/mol. The Kier molecular flexibility index (Phi) is 4.90. The lowest BCUT2D eigenvalue weighted by Gasteiger charge is -2.43. The van der Waals surface area contributed by atoms with Crippen LogP contribution in [0, 0.1) is 0 Å². The zero-order chi connectivity index (χ0) is 20.8. The van der Waals surface area contributed by atoms with Gasteiger partial charge in [0.2, 0.25) is 5.91 Å². The Morgan fingerprint density at radius 3 is 2.59 bits per heavy atom. The molecule has 0 saturated carbocycles. The maximum Gasteiger partial charge on any atom is 0.416 e. The highest BCUT2D eigenvalue weighted by atomic mass is 19.4. The second-order valence-electron chi connectivity index (χ2n) is 7.99. The molecule has 2 aromatic rings. The molecule has 0 spiro atoms. The van der Waals surface area contributed by atoms with Gasteiger partial charge in [-0.3, -0.25) is 9.69 Å². The Morgan fingerprint density at radius 1 is 1.31 bits per heavy atom. The fourth-order valence-electron chi connectivity index (χ4n) is 4.71. The van der Waals surface area contributed by atoms with E-state index in [2.05, 4.69) is 15.2 Å². The van der Waals surface area contributed by atoms with Crippen LogP contribution >= 0.6 is 0 Å². The van der Waals surface area contributed by atoms with E-state index in [1.165, 1.54) is 12.1 Å². The average molecular weight is 408 g/mol. The highest BCUT2D eigenvalue weighted by molar-refractivity contribution is 5.92. The number of aliphatic hydroxyl groups is 1. The van der Waals surface area contributed by atoms with E-state index in [1.54, 1.807) is 12.4 Å². The predicted octanol–water partition coefficient (Wildman–Crippen LogP) is 2.89. The number of halogens is 3. The smallest absolute Gasteiger partial charge is 0.382 e. The van der Waals surface area contributed by atoms with Crippen molar-refractivity contribution in [2.24, 2.45) is 7.05 Å². The quantitative estimate of drug-likeness (QED) is 0.816.